The van der Waals surface area contributed by atoms with Crippen LogP contribution in [-0.4, -0.2) is 0 Å². The Morgan fingerprint density at radius 2 is 1.71 bits per heavy atom. The molecule has 0 bridgehead atoms. The Bertz CT molecular complexity index is 437. The third-order valence-corrected chi connectivity index (χ3v) is 2.28. The zero-order chi connectivity index (χ0) is 9.97. The van der Waals surface area contributed by atoms with E-state index in [1.165, 1.54) is 6.07 Å². The van der Waals surface area contributed by atoms with Gasteiger partial charge in [-0.1, -0.05) is 41.9 Å². The minimum Gasteiger partial charge on any atom is -0.205 e. The van der Waals surface area contributed by atoms with Gasteiger partial charge >= 0.3 is 0 Å². The van der Waals surface area contributed by atoms with Gasteiger partial charge in [0.1, 0.15) is 5.82 Å². The van der Waals surface area contributed by atoms with E-state index < -0.39 is 5.82 Å². The highest BCUT2D eigenvalue weighted by atomic mass is 35.5. The van der Waals surface area contributed by atoms with Gasteiger partial charge in [-0.2, -0.15) is 0 Å². The lowest BCUT2D eigenvalue weighted by Gasteiger charge is -2.01. The summed E-state index contributed by atoms with van der Waals surface area (Å²) in [4.78, 5) is 0. The van der Waals surface area contributed by atoms with Crippen LogP contribution in [-0.2, 0) is 0 Å². The summed E-state index contributed by atoms with van der Waals surface area (Å²) in [5.74, 6) is -0.392. The molecule has 2 rings (SSSR count). The summed E-state index contributed by atoms with van der Waals surface area (Å²) in [5.41, 5.74) is 1.78. The van der Waals surface area contributed by atoms with Crippen molar-refractivity contribution in [2.45, 2.75) is 0 Å². The Morgan fingerprint density at radius 1 is 1.00 bits per heavy atom. The van der Waals surface area contributed by atoms with Gasteiger partial charge < -0.3 is 0 Å². The summed E-state index contributed by atoms with van der Waals surface area (Å²) in [5, 5.41) is 0.149. The van der Waals surface area contributed by atoms with Crippen LogP contribution in [0.25, 0.3) is 11.1 Å². The van der Waals surface area contributed by atoms with Gasteiger partial charge in [-0.15, -0.1) is 0 Å². The molecular formula is C12H7ClF. The monoisotopic (exact) mass is 205 g/mol. The van der Waals surface area contributed by atoms with E-state index in [-0.39, 0.29) is 5.02 Å². The highest BCUT2D eigenvalue weighted by molar-refractivity contribution is 6.30. The Labute approximate surface area is 87.0 Å². The predicted molar refractivity (Wildman–Crippen MR) is 55.7 cm³/mol. The van der Waals surface area contributed by atoms with Crippen LogP contribution in [0.4, 0.5) is 4.39 Å². The molecule has 0 fully saturated rings. The molecule has 2 heteroatoms. The molecule has 69 valence electrons. The van der Waals surface area contributed by atoms with E-state index in [4.69, 9.17) is 11.6 Å². The molecule has 0 aromatic heterocycles. The summed E-state index contributed by atoms with van der Waals surface area (Å²) in [6.45, 7) is 0. The molecule has 0 unspecified atom stereocenters. The molecule has 14 heavy (non-hydrogen) atoms. The first-order chi connectivity index (χ1) is 6.77. The van der Waals surface area contributed by atoms with Crippen LogP contribution in [0.1, 0.15) is 0 Å². The predicted octanol–water partition coefficient (Wildman–Crippen LogP) is 3.95. The van der Waals surface area contributed by atoms with E-state index in [0.717, 1.165) is 11.1 Å². The van der Waals surface area contributed by atoms with E-state index in [0.29, 0.717) is 0 Å². The molecule has 2 aromatic rings. The Kier molecular flexibility index (Phi) is 2.51. The zero-order valence-electron chi connectivity index (χ0n) is 7.30. The van der Waals surface area contributed by atoms with Crippen LogP contribution < -0.4 is 0 Å². The van der Waals surface area contributed by atoms with Gasteiger partial charge in [0.25, 0.3) is 0 Å². The summed E-state index contributed by atoms with van der Waals surface area (Å²) in [6.07, 6.45) is 0. The number of hydrogen-bond acceptors (Lipinski definition) is 0. The van der Waals surface area contributed by atoms with Crippen LogP contribution in [0.2, 0.25) is 5.02 Å². The molecule has 0 saturated heterocycles. The molecule has 0 saturated carbocycles. The highest BCUT2D eigenvalue weighted by Gasteiger charge is 2.01. The quantitative estimate of drug-likeness (QED) is 0.662. The Hall–Kier alpha value is -1.34. The maximum atomic E-state index is 13.1. The average Bonchev–Trinajstić information content (AvgIpc) is 2.23. The Balaban J connectivity index is 2.48. The zero-order valence-corrected chi connectivity index (χ0v) is 8.05. The van der Waals surface area contributed by atoms with Crippen molar-refractivity contribution in [1.29, 1.82) is 0 Å². The molecule has 0 amide bonds. The fourth-order valence-electron chi connectivity index (χ4n) is 1.26. The largest absolute Gasteiger partial charge is 0.205 e. The van der Waals surface area contributed by atoms with Gasteiger partial charge in [0.2, 0.25) is 0 Å². The van der Waals surface area contributed by atoms with Crippen LogP contribution >= 0.6 is 11.6 Å². The highest BCUT2D eigenvalue weighted by Crippen LogP contribution is 2.23. The van der Waals surface area contributed by atoms with Crippen LogP contribution in [0, 0.1) is 11.9 Å². The second-order valence-electron chi connectivity index (χ2n) is 2.92. The molecule has 0 atom stereocenters. The molecule has 0 spiro atoms. The van der Waals surface area contributed by atoms with E-state index in [2.05, 4.69) is 6.07 Å². The van der Waals surface area contributed by atoms with E-state index in [1.807, 2.05) is 12.1 Å². The second-order valence-corrected chi connectivity index (χ2v) is 3.32. The molecule has 0 aliphatic heterocycles. The molecule has 0 nitrogen and oxygen atoms in total. The van der Waals surface area contributed by atoms with Crippen molar-refractivity contribution >= 4 is 11.6 Å². The summed E-state index contributed by atoms with van der Waals surface area (Å²) in [7, 11) is 0. The minimum atomic E-state index is -0.392. The fourth-order valence-corrected chi connectivity index (χ4v) is 1.37. The number of halogens is 2. The molecular weight excluding hydrogens is 199 g/mol. The molecule has 0 N–H and O–H groups in total. The van der Waals surface area contributed by atoms with Crippen molar-refractivity contribution in [2.24, 2.45) is 0 Å². The van der Waals surface area contributed by atoms with Crippen LogP contribution in [0.5, 0.6) is 0 Å². The van der Waals surface area contributed by atoms with Crippen molar-refractivity contribution in [3.05, 3.63) is 59.4 Å². The summed E-state index contributed by atoms with van der Waals surface area (Å²) < 4.78 is 13.1. The lowest BCUT2D eigenvalue weighted by Crippen LogP contribution is -1.80. The first-order valence-corrected chi connectivity index (χ1v) is 4.57. The maximum absolute atomic E-state index is 13.1. The van der Waals surface area contributed by atoms with Gasteiger partial charge in [0, 0.05) is 0 Å². The van der Waals surface area contributed by atoms with Gasteiger partial charge in [-0.05, 0) is 29.3 Å². The minimum absolute atomic E-state index is 0.149. The summed E-state index contributed by atoms with van der Waals surface area (Å²) in [6, 6.07) is 15.0. The molecule has 1 radical (unpaired) electrons. The Morgan fingerprint density at radius 3 is 2.36 bits per heavy atom. The SMILES string of the molecule is Fc1cc(-c2cc[c]cc2)ccc1Cl. The number of hydrogen-bond donors (Lipinski definition) is 0. The van der Waals surface area contributed by atoms with Gasteiger partial charge in [0.15, 0.2) is 0 Å². The topological polar surface area (TPSA) is 0 Å². The molecule has 0 aliphatic carbocycles. The van der Waals surface area contributed by atoms with Crippen molar-refractivity contribution in [3.63, 3.8) is 0 Å². The van der Waals surface area contributed by atoms with Crippen molar-refractivity contribution in [3.8, 4) is 11.1 Å². The standard InChI is InChI=1S/C12H7ClF/c13-11-7-6-10(8-12(11)14)9-4-2-1-3-5-9/h2-8H. The van der Waals surface area contributed by atoms with Crippen molar-refractivity contribution in [1.82, 2.24) is 0 Å². The van der Waals surface area contributed by atoms with Crippen LogP contribution in [0.15, 0.2) is 42.5 Å². The number of rotatable bonds is 1. The van der Waals surface area contributed by atoms with E-state index in [9.17, 15) is 4.39 Å². The fraction of sp³-hybridized carbons (Fsp3) is 0. The van der Waals surface area contributed by atoms with E-state index >= 15 is 0 Å². The molecule has 2 aromatic carbocycles. The second kappa shape index (κ2) is 3.81. The van der Waals surface area contributed by atoms with Crippen LogP contribution in [0.3, 0.4) is 0 Å². The van der Waals surface area contributed by atoms with Crippen molar-refractivity contribution in [2.75, 3.05) is 0 Å². The molecule has 0 heterocycles. The van der Waals surface area contributed by atoms with E-state index in [1.54, 1.807) is 24.3 Å². The number of benzene rings is 2. The first-order valence-electron chi connectivity index (χ1n) is 4.19. The lowest BCUT2D eigenvalue weighted by atomic mass is 10.1. The van der Waals surface area contributed by atoms with Gasteiger partial charge in [0.05, 0.1) is 5.02 Å². The first kappa shape index (κ1) is 9.22. The third kappa shape index (κ3) is 1.78. The smallest absolute Gasteiger partial charge is 0.142 e. The van der Waals surface area contributed by atoms with Gasteiger partial charge in [-0.3, -0.25) is 0 Å². The normalized spacial score (nSPS) is 10.1. The average molecular weight is 206 g/mol. The lowest BCUT2D eigenvalue weighted by molar-refractivity contribution is 0.629. The molecule has 0 aliphatic rings. The summed E-state index contributed by atoms with van der Waals surface area (Å²) >= 11 is 5.59. The van der Waals surface area contributed by atoms with Crippen molar-refractivity contribution < 1.29 is 4.39 Å². The maximum Gasteiger partial charge on any atom is 0.142 e. The third-order valence-electron chi connectivity index (χ3n) is 1.97. The van der Waals surface area contributed by atoms with Gasteiger partial charge in [-0.25, -0.2) is 4.39 Å².